The Morgan fingerprint density at radius 1 is 1.22 bits per heavy atom. The topological polar surface area (TPSA) is 33.1 Å². The predicted molar refractivity (Wildman–Crippen MR) is 78.9 cm³/mol. The van der Waals surface area contributed by atoms with Gasteiger partial charge >= 0.3 is 0 Å². The maximum absolute atomic E-state index is 10.1. The van der Waals surface area contributed by atoms with Gasteiger partial charge in [-0.1, -0.05) is 32.0 Å². The van der Waals surface area contributed by atoms with E-state index >= 15 is 0 Å². The van der Waals surface area contributed by atoms with Crippen molar-refractivity contribution < 1.29 is 5.11 Å². The summed E-state index contributed by atoms with van der Waals surface area (Å²) in [5.41, 5.74) is 1.88. The Labute approximate surface area is 112 Å². The lowest BCUT2D eigenvalue weighted by Crippen LogP contribution is -2.03. The van der Waals surface area contributed by atoms with E-state index in [2.05, 4.69) is 18.8 Å². The molecule has 0 fully saturated rings. The number of fused-ring (bicyclic) bond motifs is 1. The van der Waals surface area contributed by atoms with E-state index in [-0.39, 0.29) is 0 Å². The van der Waals surface area contributed by atoms with Gasteiger partial charge in [0.1, 0.15) is 0 Å². The summed E-state index contributed by atoms with van der Waals surface area (Å²) in [4.78, 5) is 4.38. The largest absolute Gasteiger partial charge is 0.387 e. The molecule has 1 heterocycles. The van der Waals surface area contributed by atoms with Gasteiger partial charge in [0, 0.05) is 22.9 Å². The summed E-state index contributed by atoms with van der Waals surface area (Å²) in [6.07, 6.45) is 1.36. The Morgan fingerprint density at radius 2 is 2.00 bits per heavy atom. The summed E-state index contributed by atoms with van der Waals surface area (Å²) < 4.78 is 0. The lowest BCUT2D eigenvalue weighted by atomic mass is 10.1. The van der Waals surface area contributed by atoms with Crippen molar-refractivity contribution in [1.29, 1.82) is 0 Å². The van der Waals surface area contributed by atoms with Crippen molar-refractivity contribution >= 4 is 22.7 Å². The molecule has 0 spiro atoms. The Morgan fingerprint density at radius 3 is 2.78 bits per heavy atom. The fourth-order valence-electron chi connectivity index (χ4n) is 1.78. The molecule has 1 aromatic carbocycles. The second-order valence-corrected chi connectivity index (χ2v) is 5.98. The van der Waals surface area contributed by atoms with Crippen molar-refractivity contribution in [3.05, 3.63) is 42.1 Å². The van der Waals surface area contributed by atoms with Crippen molar-refractivity contribution in [3.63, 3.8) is 0 Å². The molecule has 1 unspecified atom stereocenters. The van der Waals surface area contributed by atoms with E-state index in [0.717, 1.165) is 28.0 Å². The van der Waals surface area contributed by atoms with Gasteiger partial charge in [-0.3, -0.25) is 4.98 Å². The summed E-state index contributed by atoms with van der Waals surface area (Å²) in [5.74, 6) is 2.48. The first-order valence-electron chi connectivity index (χ1n) is 6.27. The minimum absolute atomic E-state index is 0.425. The zero-order valence-corrected chi connectivity index (χ0v) is 11.7. The van der Waals surface area contributed by atoms with Crippen LogP contribution >= 0.6 is 11.8 Å². The molecule has 0 aliphatic rings. The SMILES string of the molecule is CC(C)CSCC(O)c1cnc2ccccc2c1. The molecule has 3 heteroatoms. The molecule has 0 bridgehead atoms. The molecule has 0 aliphatic carbocycles. The van der Waals surface area contributed by atoms with Crippen LogP contribution < -0.4 is 0 Å². The summed E-state index contributed by atoms with van der Waals surface area (Å²) in [7, 11) is 0. The molecule has 1 aromatic heterocycles. The number of rotatable bonds is 5. The Bertz CT molecular complexity index is 513. The van der Waals surface area contributed by atoms with Gasteiger partial charge < -0.3 is 5.11 Å². The average molecular weight is 261 g/mol. The number of aliphatic hydroxyl groups excluding tert-OH is 1. The van der Waals surface area contributed by atoms with Crippen molar-refractivity contribution in [1.82, 2.24) is 4.98 Å². The second-order valence-electron chi connectivity index (χ2n) is 4.91. The van der Waals surface area contributed by atoms with Gasteiger partial charge in [0.2, 0.25) is 0 Å². The highest BCUT2D eigenvalue weighted by Gasteiger charge is 2.09. The first kappa shape index (κ1) is 13.4. The van der Waals surface area contributed by atoms with Gasteiger partial charge in [-0.25, -0.2) is 0 Å². The highest BCUT2D eigenvalue weighted by molar-refractivity contribution is 7.99. The molecule has 0 radical (unpaired) electrons. The molecule has 0 saturated heterocycles. The molecule has 0 amide bonds. The normalized spacial score (nSPS) is 13.1. The molecule has 0 saturated carbocycles. The summed E-state index contributed by atoms with van der Waals surface area (Å²) in [6.45, 7) is 4.38. The number of pyridine rings is 1. The minimum atomic E-state index is -0.425. The fraction of sp³-hybridized carbons (Fsp3) is 0.400. The standard InChI is InChI=1S/C15H19NOS/c1-11(2)9-18-10-15(17)13-7-12-5-3-4-6-14(12)16-8-13/h3-8,11,15,17H,9-10H2,1-2H3. The number of hydrogen-bond donors (Lipinski definition) is 1. The average Bonchev–Trinajstić information content (AvgIpc) is 2.37. The van der Waals surface area contributed by atoms with E-state index in [0.29, 0.717) is 5.92 Å². The van der Waals surface area contributed by atoms with Crippen LogP contribution in [0.1, 0.15) is 25.5 Å². The maximum atomic E-state index is 10.1. The molecular weight excluding hydrogens is 242 g/mol. The Hall–Kier alpha value is -1.06. The summed E-state index contributed by atoms with van der Waals surface area (Å²) in [5, 5.41) is 11.2. The molecule has 2 rings (SSSR count). The number of aromatic nitrogens is 1. The van der Waals surface area contributed by atoms with Crippen LogP contribution in [-0.2, 0) is 0 Å². The Balaban J connectivity index is 2.06. The number of hydrogen-bond acceptors (Lipinski definition) is 3. The number of benzene rings is 1. The predicted octanol–water partition coefficient (Wildman–Crippen LogP) is 3.66. The highest BCUT2D eigenvalue weighted by Crippen LogP contribution is 2.22. The van der Waals surface area contributed by atoms with E-state index in [1.165, 1.54) is 0 Å². The third kappa shape index (κ3) is 3.47. The number of thioether (sulfide) groups is 1. The third-order valence-electron chi connectivity index (χ3n) is 2.72. The summed E-state index contributed by atoms with van der Waals surface area (Å²) in [6, 6.07) is 10.0. The zero-order chi connectivity index (χ0) is 13.0. The second kappa shape index (κ2) is 6.21. The van der Waals surface area contributed by atoms with E-state index in [9.17, 15) is 5.11 Å². The zero-order valence-electron chi connectivity index (χ0n) is 10.8. The van der Waals surface area contributed by atoms with Gasteiger partial charge in [0.25, 0.3) is 0 Å². The van der Waals surface area contributed by atoms with Crippen LogP contribution in [0, 0.1) is 5.92 Å². The van der Waals surface area contributed by atoms with Gasteiger partial charge in [0.05, 0.1) is 11.6 Å². The number of para-hydroxylation sites is 1. The highest BCUT2D eigenvalue weighted by atomic mass is 32.2. The molecule has 96 valence electrons. The first-order chi connectivity index (χ1) is 8.66. The van der Waals surface area contributed by atoms with Crippen molar-refractivity contribution in [2.24, 2.45) is 5.92 Å². The monoisotopic (exact) mass is 261 g/mol. The van der Waals surface area contributed by atoms with Crippen LogP contribution in [0.5, 0.6) is 0 Å². The molecule has 0 aliphatic heterocycles. The summed E-state index contributed by atoms with van der Waals surface area (Å²) >= 11 is 1.79. The van der Waals surface area contributed by atoms with Crippen LogP contribution in [0.15, 0.2) is 36.5 Å². The maximum Gasteiger partial charge on any atom is 0.0895 e. The molecule has 1 atom stereocenters. The van der Waals surface area contributed by atoms with Gasteiger partial charge in [0.15, 0.2) is 0 Å². The van der Waals surface area contributed by atoms with E-state index < -0.39 is 6.10 Å². The van der Waals surface area contributed by atoms with Crippen molar-refractivity contribution in [3.8, 4) is 0 Å². The van der Waals surface area contributed by atoms with Gasteiger partial charge in [-0.2, -0.15) is 11.8 Å². The minimum Gasteiger partial charge on any atom is -0.387 e. The number of aliphatic hydroxyl groups is 1. The molecule has 1 N–H and O–H groups in total. The van der Waals surface area contributed by atoms with Crippen molar-refractivity contribution in [2.75, 3.05) is 11.5 Å². The smallest absolute Gasteiger partial charge is 0.0895 e. The molecule has 2 aromatic rings. The van der Waals surface area contributed by atoms with E-state index in [1.54, 1.807) is 18.0 Å². The van der Waals surface area contributed by atoms with Gasteiger partial charge in [-0.05, 0) is 23.8 Å². The van der Waals surface area contributed by atoms with Crippen LogP contribution in [0.25, 0.3) is 10.9 Å². The van der Waals surface area contributed by atoms with E-state index in [4.69, 9.17) is 0 Å². The number of nitrogens with zero attached hydrogens (tertiary/aromatic N) is 1. The third-order valence-corrected chi connectivity index (χ3v) is 4.18. The lowest BCUT2D eigenvalue weighted by molar-refractivity contribution is 0.204. The molecule has 2 nitrogen and oxygen atoms in total. The molecular formula is C15H19NOS. The Kier molecular flexibility index (Phi) is 4.61. The molecule has 18 heavy (non-hydrogen) atoms. The lowest BCUT2D eigenvalue weighted by Gasteiger charge is -2.12. The van der Waals surface area contributed by atoms with E-state index in [1.807, 2.05) is 30.3 Å². The van der Waals surface area contributed by atoms with Gasteiger partial charge in [-0.15, -0.1) is 0 Å². The first-order valence-corrected chi connectivity index (χ1v) is 7.43. The fourth-order valence-corrected chi connectivity index (χ4v) is 2.81. The van der Waals surface area contributed by atoms with Crippen LogP contribution in [0.3, 0.4) is 0 Å². The van der Waals surface area contributed by atoms with Crippen LogP contribution in [0.4, 0.5) is 0 Å². The van der Waals surface area contributed by atoms with Crippen LogP contribution in [-0.4, -0.2) is 21.6 Å². The van der Waals surface area contributed by atoms with Crippen molar-refractivity contribution in [2.45, 2.75) is 20.0 Å². The van der Waals surface area contributed by atoms with Crippen LogP contribution in [0.2, 0.25) is 0 Å². The quantitative estimate of drug-likeness (QED) is 0.891.